The molecular formula is C28H29F3N6O7. The van der Waals surface area contributed by atoms with Gasteiger partial charge in [0.1, 0.15) is 12.4 Å². The molecule has 2 aromatic heterocycles. The third-order valence-corrected chi connectivity index (χ3v) is 6.77. The molecule has 0 amide bonds. The van der Waals surface area contributed by atoms with Crippen LogP contribution in [-0.4, -0.2) is 102 Å². The third-order valence-electron chi connectivity index (χ3n) is 6.77. The van der Waals surface area contributed by atoms with Crippen molar-refractivity contribution in [1.29, 1.82) is 0 Å². The number of nitrogens with one attached hydrogen (secondary N) is 1. The molecule has 4 aromatic rings. The summed E-state index contributed by atoms with van der Waals surface area (Å²) in [5.74, 6) is -2.02. The second kappa shape index (κ2) is 13.0. The van der Waals surface area contributed by atoms with Crippen molar-refractivity contribution in [2.24, 2.45) is 0 Å². The normalized spacial score (nSPS) is 15.8. The molecule has 5 rings (SSSR count). The Morgan fingerprint density at radius 3 is 2.50 bits per heavy atom. The quantitative estimate of drug-likeness (QED) is 0.251. The summed E-state index contributed by atoms with van der Waals surface area (Å²) in [6, 6.07) is 7.85. The Morgan fingerprint density at radius 2 is 1.77 bits per heavy atom. The lowest BCUT2D eigenvalue weighted by atomic mass is 10.1. The van der Waals surface area contributed by atoms with Gasteiger partial charge in [-0.1, -0.05) is 0 Å². The molecule has 1 atom stereocenters. The Morgan fingerprint density at radius 1 is 1.05 bits per heavy atom. The van der Waals surface area contributed by atoms with E-state index in [1.165, 1.54) is 26.4 Å². The highest BCUT2D eigenvalue weighted by atomic mass is 19.4. The van der Waals surface area contributed by atoms with Crippen molar-refractivity contribution in [3.8, 4) is 23.1 Å². The summed E-state index contributed by atoms with van der Waals surface area (Å²) in [5.41, 5.74) is 1.23. The van der Waals surface area contributed by atoms with Crippen LogP contribution in [0.15, 0.2) is 30.3 Å². The van der Waals surface area contributed by atoms with Gasteiger partial charge in [0.15, 0.2) is 11.5 Å². The summed E-state index contributed by atoms with van der Waals surface area (Å²) in [5, 5.41) is 12.8. The number of benzene rings is 2. The lowest BCUT2D eigenvalue weighted by Crippen LogP contribution is -2.45. The van der Waals surface area contributed by atoms with Gasteiger partial charge in [-0.05, 0) is 31.2 Å². The molecule has 1 aliphatic heterocycles. The summed E-state index contributed by atoms with van der Waals surface area (Å²) in [7, 11) is 2.99. The third kappa shape index (κ3) is 6.98. The molecule has 1 saturated heterocycles. The van der Waals surface area contributed by atoms with Crippen LogP contribution >= 0.6 is 0 Å². The summed E-state index contributed by atoms with van der Waals surface area (Å²) >= 11 is 0. The van der Waals surface area contributed by atoms with Gasteiger partial charge in [-0.15, -0.1) is 0 Å². The van der Waals surface area contributed by atoms with E-state index in [9.17, 15) is 23.1 Å². The highest BCUT2D eigenvalue weighted by Crippen LogP contribution is 2.34. The molecule has 44 heavy (non-hydrogen) atoms. The van der Waals surface area contributed by atoms with E-state index in [4.69, 9.17) is 18.9 Å². The van der Waals surface area contributed by atoms with Crippen molar-refractivity contribution in [3.63, 3.8) is 0 Å². The van der Waals surface area contributed by atoms with Crippen LogP contribution < -0.4 is 24.3 Å². The standard InChI is InChI=1S/C28H29F3N6O7/c1-15-18-11-22(40-2)23(41-3)12-21(18)34-26(32-15)36-27-33-20-5-4-16(42-8-6-37-7-9-43-17(13-37)14-38)10-19(20)24(35-27)44-25(39)28(29,30)31/h4-5,10-12,17,38H,6-9,13-14H2,1-3H3,(H,32,33,34,35,36). The summed E-state index contributed by atoms with van der Waals surface area (Å²) in [6.45, 7) is 4.12. The maximum absolute atomic E-state index is 13.1. The SMILES string of the molecule is COc1cc2nc(Nc3nc(OC(=O)C(F)(F)F)c4cc(OCCN5CCOC(CO)C5)ccc4n3)nc(C)c2cc1OC. The Hall–Kier alpha value is -4.54. The van der Waals surface area contributed by atoms with Crippen molar-refractivity contribution in [3.05, 3.63) is 36.0 Å². The van der Waals surface area contributed by atoms with E-state index < -0.39 is 18.0 Å². The second-order valence-electron chi connectivity index (χ2n) is 9.73. The van der Waals surface area contributed by atoms with Crippen LogP contribution in [0.25, 0.3) is 21.8 Å². The minimum atomic E-state index is -5.26. The molecule has 0 radical (unpaired) electrons. The number of carbonyl (C=O) groups is 1. The first-order valence-electron chi connectivity index (χ1n) is 13.4. The molecule has 3 heterocycles. The Kier molecular flexibility index (Phi) is 9.12. The zero-order valence-electron chi connectivity index (χ0n) is 24.0. The molecule has 0 bridgehead atoms. The van der Waals surface area contributed by atoms with E-state index in [0.29, 0.717) is 60.1 Å². The van der Waals surface area contributed by atoms with Gasteiger partial charge < -0.3 is 28.8 Å². The molecule has 0 spiro atoms. The van der Waals surface area contributed by atoms with Gasteiger partial charge in [-0.3, -0.25) is 10.2 Å². The molecule has 2 N–H and O–H groups in total. The van der Waals surface area contributed by atoms with Crippen molar-refractivity contribution in [1.82, 2.24) is 24.8 Å². The number of hydrogen-bond acceptors (Lipinski definition) is 13. The van der Waals surface area contributed by atoms with E-state index in [1.807, 2.05) is 0 Å². The highest BCUT2D eigenvalue weighted by Gasteiger charge is 2.42. The number of fused-ring (bicyclic) bond motifs is 2. The number of morpholine rings is 1. The van der Waals surface area contributed by atoms with E-state index in [-0.39, 0.29) is 42.1 Å². The lowest BCUT2D eigenvalue weighted by molar-refractivity contribution is -0.189. The molecule has 0 saturated carbocycles. The van der Waals surface area contributed by atoms with E-state index in [2.05, 4.69) is 34.9 Å². The molecule has 16 heteroatoms. The number of methoxy groups -OCH3 is 2. The van der Waals surface area contributed by atoms with Gasteiger partial charge in [0.25, 0.3) is 0 Å². The highest BCUT2D eigenvalue weighted by molar-refractivity contribution is 5.90. The number of aliphatic hydroxyl groups is 1. The fraction of sp³-hybridized carbons (Fsp3) is 0.393. The smallest absolute Gasteiger partial charge is 0.491 e. The second-order valence-corrected chi connectivity index (χ2v) is 9.73. The number of rotatable bonds is 10. The fourth-order valence-electron chi connectivity index (χ4n) is 4.60. The average molecular weight is 619 g/mol. The Labute approximate surface area is 248 Å². The minimum Gasteiger partial charge on any atom is -0.493 e. The van der Waals surface area contributed by atoms with Crippen molar-refractivity contribution in [2.45, 2.75) is 19.2 Å². The lowest BCUT2D eigenvalue weighted by Gasteiger charge is -2.31. The monoisotopic (exact) mass is 618 g/mol. The summed E-state index contributed by atoms with van der Waals surface area (Å²) in [4.78, 5) is 31.1. The molecule has 1 aliphatic rings. The number of esters is 1. The average Bonchev–Trinajstić information content (AvgIpc) is 3.00. The molecule has 1 fully saturated rings. The zero-order valence-corrected chi connectivity index (χ0v) is 24.0. The number of ether oxygens (including phenoxy) is 5. The zero-order chi connectivity index (χ0) is 31.4. The van der Waals surface area contributed by atoms with Crippen LogP contribution in [-0.2, 0) is 9.53 Å². The topological polar surface area (TPSA) is 150 Å². The van der Waals surface area contributed by atoms with Crippen molar-refractivity contribution >= 4 is 39.7 Å². The molecule has 0 aliphatic carbocycles. The number of halogens is 3. The van der Waals surface area contributed by atoms with Crippen LogP contribution in [0.2, 0.25) is 0 Å². The van der Waals surface area contributed by atoms with Crippen LogP contribution in [0, 0.1) is 6.92 Å². The number of aryl methyl sites for hydroxylation is 1. The summed E-state index contributed by atoms with van der Waals surface area (Å²) < 4.78 is 66.0. The fourth-order valence-corrected chi connectivity index (χ4v) is 4.60. The number of alkyl halides is 3. The van der Waals surface area contributed by atoms with E-state index in [0.717, 1.165) is 0 Å². The summed E-state index contributed by atoms with van der Waals surface area (Å²) in [6.07, 6.45) is -5.53. The maximum atomic E-state index is 13.1. The number of nitrogens with zero attached hydrogens (tertiary/aromatic N) is 5. The van der Waals surface area contributed by atoms with Crippen LogP contribution in [0.4, 0.5) is 25.1 Å². The van der Waals surface area contributed by atoms with Gasteiger partial charge in [-0.25, -0.2) is 19.7 Å². The largest absolute Gasteiger partial charge is 0.493 e. The van der Waals surface area contributed by atoms with Gasteiger partial charge in [0, 0.05) is 31.1 Å². The molecule has 234 valence electrons. The van der Waals surface area contributed by atoms with E-state index in [1.54, 1.807) is 25.1 Å². The van der Waals surface area contributed by atoms with Crippen LogP contribution in [0.1, 0.15) is 5.69 Å². The van der Waals surface area contributed by atoms with Crippen molar-refractivity contribution < 1.29 is 46.8 Å². The Bertz CT molecular complexity index is 1670. The maximum Gasteiger partial charge on any atom is 0.491 e. The van der Waals surface area contributed by atoms with Gasteiger partial charge in [0.05, 0.1) is 55.7 Å². The van der Waals surface area contributed by atoms with Gasteiger partial charge >= 0.3 is 12.1 Å². The first-order chi connectivity index (χ1) is 21.1. The van der Waals surface area contributed by atoms with Crippen LogP contribution in [0.3, 0.4) is 0 Å². The first kappa shape index (κ1) is 30.9. The first-order valence-corrected chi connectivity index (χ1v) is 13.4. The van der Waals surface area contributed by atoms with Gasteiger partial charge in [-0.2, -0.15) is 18.2 Å². The Balaban J connectivity index is 1.42. The molecule has 1 unspecified atom stereocenters. The number of anilines is 2. The predicted molar refractivity (Wildman–Crippen MR) is 151 cm³/mol. The number of carbonyl (C=O) groups excluding carboxylic acids is 1. The molecule has 2 aromatic carbocycles. The van der Waals surface area contributed by atoms with Crippen LogP contribution in [0.5, 0.6) is 23.1 Å². The number of aliphatic hydroxyl groups excluding tert-OH is 1. The number of hydrogen-bond donors (Lipinski definition) is 2. The van der Waals surface area contributed by atoms with Crippen molar-refractivity contribution in [2.75, 3.05) is 59.0 Å². The van der Waals surface area contributed by atoms with E-state index >= 15 is 0 Å². The molecule has 13 nitrogen and oxygen atoms in total. The number of aromatic nitrogens is 4. The minimum absolute atomic E-state index is 0.0183. The predicted octanol–water partition coefficient (Wildman–Crippen LogP) is 3.18. The molecular weight excluding hydrogens is 589 g/mol. The van der Waals surface area contributed by atoms with Gasteiger partial charge in [0.2, 0.25) is 17.8 Å².